The van der Waals surface area contributed by atoms with Crippen LogP contribution in [0.2, 0.25) is 0 Å². The van der Waals surface area contributed by atoms with E-state index in [1.165, 1.54) is 0 Å². The summed E-state index contributed by atoms with van der Waals surface area (Å²) >= 11 is 0. The summed E-state index contributed by atoms with van der Waals surface area (Å²) in [6, 6.07) is 0. The molecule has 1 unspecified atom stereocenters. The molecular weight excluding hydrogens is 218 g/mol. The fraction of sp³-hybridized carbons (Fsp3) is 0.846. The van der Waals surface area contributed by atoms with E-state index in [1.807, 2.05) is 6.92 Å². The van der Waals surface area contributed by atoms with Crippen molar-refractivity contribution in [1.82, 2.24) is 4.90 Å². The largest absolute Gasteiger partial charge is 0.479 e. The van der Waals surface area contributed by atoms with E-state index in [4.69, 9.17) is 0 Å². The molecule has 98 valence electrons. The number of hydrogen-bond acceptors (Lipinski definition) is 2. The zero-order valence-corrected chi connectivity index (χ0v) is 11.0. The predicted molar refractivity (Wildman–Crippen MR) is 65.7 cm³/mol. The highest BCUT2D eigenvalue weighted by atomic mass is 16.4. The Morgan fingerprint density at radius 1 is 1.41 bits per heavy atom. The number of aliphatic carboxylic acids is 1. The number of nitrogens with zero attached hydrogens (tertiary/aromatic N) is 1. The zero-order chi connectivity index (χ0) is 13.1. The lowest BCUT2D eigenvalue weighted by molar-refractivity contribution is -0.156. The number of carbonyl (C=O) groups excluding carboxylic acids is 1. The molecule has 0 aromatic rings. The average molecular weight is 241 g/mol. The number of carboxylic acid groups (broad SMARTS) is 1. The van der Waals surface area contributed by atoms with E-state index in [1.54, 1.807) is 4.90 Å². The minimum Gasteiger partial charge on any atom is -0.479 e. The molecule has 1 fully saturated rings. The van der Waals surface area contributed by atoms with Gasteiger partial charge in [0.05, 0.1) is 0 Å². The van der Waals surface area contributed by atoms with Gasteiger partial charge in [-0.3, -0.25) is 4.79 Å². The lowest BCUT2D eigenvalue weighted by Crippen LogP contribution is -2.52. The van der Waals surface area contributed by atoms with Gasteiger partial charge in [0.1, 0.15) is 5.54 Å². The van der Waals surface area contributed by atoms with Gasteiger partial charge in [-0.05, 0) is 31.6 Å². The highest BCUT2D eigenvalue weighted by molar-refractivity contribution is 5.87. The first-order valence-corrected chi connectivity index (χ1v) is 6.48. The third-order valence-electron chi connectivity index (χ3n) is 3.71. The van der Waals surface area contributed by atoms with Gasteiger partial charge in [-0.25, -0.2) is 4.79 Å². The highest BCUT2D eigenvalue weighted by Gasteiger charge is 2.48. The Hall–Kier alpha value is -1.06. The van der Waals surface area contributed by atoms with Gasteiger partial charge < -0.3 is 10.0 Å². The highest BCUT2D eigenvalue weighted by Crippen LogP contribution is 2.33. The van der Waals surface area contributed by atoms with Crippen LogP contribution in [0, 0.1) is 5.92 Å². The molecule has 1 aliphatic rings. The van der Waals surface area contributed by atoms with Gasteiger partial charge >= 0.3 is 5.97 Å². The molecule has 1 rings (SSSR count). The molecule has 0 saturated carbocycles. The molecule has 0 spiro atoms. The molecule has 4 heteroatoms. The second-order valence-corrected chi connectivity index (χ2v) is 5.27. The summed E-state index contributed by atoms with van der Waals surface area (Å²) in [5.41, 5.74) is -0.936. The molecular formula is C13H23NO3. The Kier molecular flexibility index (Phi) is 4.54. The van der Waals surface area contributed by atoms with Crippen LogP contribution in [-0.2, 0) is 9.59 Å². The van der Waals surface area contributed by atoms with Crippen molar-refractivity contribution in [1.29, 1.82) is 0 Å². The van der Waals surface area contributed by atoms with Crippen molar-refractivity contribution in [3.8, 4) is 0 Å². The summed E-state index contributed by atoms with van der Waals surface area (Å²) in [7, 11) is 0. The van der Waals surface area contributed by atoms with Crippen LogP contribution in [0.3, 0.4) is 0 Å². The second kappa shape index (κ2) is 5.52. The van der Waals surface area contributed by atoms with Crippen molar-refractivity contribution in [3.05, 3.63) is 0 Å². The van der Waals surface area contributed by atoms with Crippen molar-refractivity contribution in [2.75, 3.05) is 6.54 Å². The standard InChI is InChI=1S/C13H23NO3/c1-4-13(12(16)17)8-5-9-14(13)11(15)7-6-10(2)3/h10H,4-9H2,1-3H3,(H,16,17). The third kappa shape index (κ3) is 2.79. The lowest BCUT2D eigenvalue weighted by atomic mass is 9.92. The smallest absolute Gasteiger partial charge is 0.329 e. The van der Waals surface area contributed by atoms with E-state index in [0.29, 0.717) is 31.7 Å². The summed E-state index contributed by atoms with van der Waals surface area (Å²) in [5, 5.41) is 9.37. The molecule has 1 saturated heterocycles. The van der Waals surface area contributed by atoms with Crippen molar-refractivity contribution in [3.63, 3.8) is 0 Å². The number of rotatable bonds is 5. The molecule has 0 radical (unpaired) electrons. The normalized spacial score (nSPS) is 24.4. The molecule has 4 nitrogen and oxygen atoms in total. The van der Waals surface area contributed by atoms with Crippen LogP contribution >= 0.6 is 0 Å². The maximum atomic E-state index is 12.1. The monoisotopic (exact) mass is 241 g/mol. The van der Waals surface area contributed by atoms with E-state index in [9.17, 15) is 14.7 Å². The van der Waals surface area contributed by atoms with Gasteiger partial charge in [-0.1, -0.05) is 20.8 Å². The number of amides is 1. The van der Waals surface area contributed by atoms with Gasteiger partial charge in [0, 0.05) is 13.0 Å². The summed E-state index contributed by atoms with van der Waals surface area (Å²) < 4.78 is 0. The van der Waals surface area contributed by atoms with Crippen LogP contribution in [0.15, 0.2) is 0 Å². The maximum Gasteiger partial charge on any atom is 0.329 e. The molecule has 0 aromatic carbocycles. The average Bonchev–Trinajstić information content (AvgIpc) is 2.70. The molecule has 1 aliphatic heterocycles. The summed E-state index contributed by atoms with van der Waals surface area (Å²) in [4.78, 5) is 25.1. The maximum absolute atomic E-state index is 12.1. The molecule has 0 bridgehead atoms. The topological polar surface area (TPSA) is 57.6 Å². The minimum atomic E-state index is -0.936. The van der Waals surface area contributed by atoms with Crippen molar-refractivity contribution in [2.45, 2.75) is 58.4 Å². The second-order valence-electron chi connectivity index (χ2n) is 5.27. The Balaban J connectivity index is 2.74. The van der Waals surface area contributed by atoms with Crippen LogP contribution in [0.5, 0.6) is 0 Å². The van der Waals surface area contributed by atoms with Crippen LogP contribution in [0.1, 0.15) is 52.9 Å². The van der Waals surface area contributed by atoms with Gasteiger partial charge in [-0.15, -0.1) is 0 Å². The van der Waals surface area contributed by atoms with Crippen molar-refractivity contribution in [2.24, 2.45) is 5.92 Å². The SMILES string of the molecule is CCC1(C(=O)O)CCCN1C(=O)CCC(C)C. The lowest BCUT2D eigenvalue weighted by Gasteiger charge is -2.34. The van der Waals surface area contributed by atoms with Gasteiger partial charge in [0.25, 0.3) is 0 Å². The van der Waals surface area contributed by atoms with Crippen molar-refractivity contribution < 1.29 is 14.7 Å². The first-order chi connectivity index (χ1) is 7.94. The summed E-state index contributed by atoms with van der Waals surface area (Å²) in [6.07, 6.45) is 3.18. The fourth-order valence-corrected chi connectivity index (χ4v) is 2.53. The molecule has 0 aliphatic carbocycles. The third-order valence-corrected chi connectivity index (χ3v) is 3.71. The summed E-state index contributed by atoms with van der Waals surface area (Å²) in [5.74, 6) is -0.377. The van der Waals surface area contributed by atoms with Gasteiger partial charge in [0.15, 0.2) is 0 Å². The Labute approximate surface area is 103 Å². The van der Waals surface area contributed by atoms with E-state index in [0.717, 1.165) is 12.8 Å². The first-order valence-electron chi connectivity index (χ1n) is 6.48. The predicted octanol–water partition coefficient (Wildman–Crippen LogP) is 2.28. The van der Waals surface area contributed by atoms with Crippen molar-refractivity contribution >= 4 is 11.9 Å². The zero-order valence-electron chi connectivity index (χ0n) is 11.0. The molecule has 17 heavy (non-hydrogen) atoms. The van der Waals surface area contributed by atoms with E-state index < -0.39 is 11.5 Å². The van der Waals surface area contributed by atoms with E-state index >= 15 is 0 Å². The van der Waals surface area contributed by atoms with Crippen LogP contribution in [0.4, 0.5) is 0 Å². The molecule has 1 heterocycles. The number of hydrogen-bond donors (Lipinski definition) is 1. The Bertz CT molecular complexity index is 301. The van der Waals surface area contributed by atoms with Gasteiger partial charge in [0.2, 0.25) is 5.91 Å². The summed E-state index contributed by atoms with van der Waals surface area (Å²) in [6.45, 7) is 6.59. The number of carbonyl (C=O) groups is 2. The molecule has 1 amide bonds. The fourth-order valence-electron chi connectivity index (χ4n) is 2.53. The minimum absolute atomic E-state index is 0.000417. The Morgan fingerprint density at radius 2 is 2.06 bits per heavy atom. The molecule has 0 aromatic heterocycles. The van der Waals surface area contributed by atoms with Crippen LogP contribution < -0.4 is 0 Å². The van der Waals surface area contributed by atoms with E-state index in [2.05, 4.69) is 13.8 Å². The van der Waals surface area contributed by atoms with Crippen LogP contribution in [0.25, 0.3) is 0 Å². The number of likely N-dealkylation sites (tertiary alicyclic amines) is 1. The quantitative estimate of drug-likeness (QED) is 0.803. The van der Waals surface area contributed by atoms with E-state index in [-0.39, 0.29) is 5.91 Å². The molecule has 1 atom stereocenters. The van der Waals surface area contributed by atoms with Crippen LogP contribution in [-0.4, -0.2) is 34.0 Å². The van der Waals surface area contributed by atoms with Gasteiger partial charge in [-0.2, -0.15) is 0 Å². The number of carboxylic acids is 1. The molecule has 1 N–H and O–H groups in total. The Morgan fingerprint density at radius 3 is 2.53 bits per heavy atom. The first kappa shape index (κ1) is 14.0.